The van der Waals surface area contributed by atoms with Crippen molar-refractivity contribution in [1.82, 2.24) is 0 Å². The third-order valence-corrected chi connectivity index (χ3v) is 7.89. The third-order valence-electron chi connectivity index (χ3n) is 7.89. The topological polar surface area (TPSA) is 26.3 Å². The largest absolute Gasteiger partial charge is 0.456 e. The van der Waals surface area contributed by atoms with Gasteiger partial charge in [0.05, 0.1) is 0 Å². The minimum absolute atomic E-state index is 0.0910. The van der Waals surface area contributed by atoms with Crippen molar-refractivity contribution in [3.8, 4) is 0 Å². The van der Waals surface area contributed by atoms with Gasteiger partial charge in [-0.2, -0.15) is 0 Å². The lowest BCUT2D eigenvalue weighted by atomic mass is 9.50. The van der Waals surface area contributed by atoms with Gasteiger partial charge in [-0.05, 0) is 93.3 Å². The van der Waals surface area contributed by atoms with Gasteiger partial charge in [-0.15, -0.1) is 0 Å². The van der Waals surface area contributed by atoms with Crippen LogP contribution in [0.5, 0.6) is 0 Å². The van der Waals surface area contributed by atoms with Gasteiger partial charge in [0, 0.05) is 6.08 Å². The fraction of sp³-hybridized carbons (Fsp3) is 0.762. The highest BCUT2D eigenvalue weighted by Gasteiger charge is 2.56. The number of allylic oxidation sites excluding steroid dienone is 3. The van der Waals surface area contributed by atoms with Gasteiger partial charge in [-0.3, -0.25) is 0 Å². The summed E-state index contributed by atoms with van der Waals surface area (Å²) >= 11 is 0. The molecule has 0 aromatic rings. The molecule has 6 rings (SSSR count). The Balaban J connectivity index is 1.26. The van der Waals surface area contributed by atoms with Gasteiger partial charge in [0.2, 0.25) is 0 Å². The van der Waals surface area contributed by atoms with E-state index >= 15 is 0 Å². The number of carbonyl (C=O) groups is 1. The molecule has 0 radical (unpaired) electrons. The van der Waals surface area contributed by atoms with E-state index in [0.29, 0.717) is 23.7 Å². The molecule has 0 amide bonds. The van der Waals surface area contributed by atoms with E-state index in [-0.39, 0.29) is 11.6 Å². The van der Waals surface area contributed by atoms with Crippen LogP contribution in [0.25, 0.3) is 0 Å². The van der Waals surface area contributed by atoms with Crippen LogP contribution in [0.3, 0.4) is 0 Å². The maximum absolute atomic E-state index is 12.5. The Bertz CT molecular complexity index is 544. The zero-order chi connectivity index (χ0) is 15.6. The quantitative estimate of drug-likeness (QED) is 0.435. The van der Waals surface area contributed by atoms with E-state index in [9.17, 15) is 4.79 Å². The molecule has 5 fully saturated rings. The molecule has 6 aliphatic rings. The molecule has 3 unspecified atom stereocenters. The van der Waals surface area contributed by atoms with E-state index < -0.39 is 0 Å². The number of carbonyl (C=O) groups excluding carboxylic acids is 1. The Hall–Kier alpha value is -1.05. The summed E-state index contributed by atoms with van der Waals surface area (Å²) in [7, 11) is 0. The van der Waals surface area contributed by atoms with Gasteiger partial charge < -0.3 is 4.74 Å². The monoisotopic (exact) mass is 312 g/mol. The molecule has 6 bridgehead atoms. The number of hydrogen-bond donors (Lipinski definition) is 0. The summed E-state index contributed by atoms with van der Waals surface area (Å²) in [6.45, 7) is 2.23. The minimum Gasteiger partial charge on any atom is -0.456 e. The van der Waals surface area contributed by atoms with E-state index in [1.807, 2.05) is 0 Å². The number of fused-ring (bicyclic) bond motifs is 2. The summed E-state index contributed by atoms with van der Waals surface area (Å²) in [4.78, 5) is 12.5. The second kappa shape index (κ2) is 4.97. The second-order valence-corrected chi connectivity index (χ2v) is 9.21. The van der Waals surface area contributed by atoms with Gasteiger partial charge in [0.15, 0.2) is 0 Å². The van der Waals surface area contributed by atoms with Crippen molar-refractivity contribution < 1.29 is 9.53 Å². The fourth-order valence-electron chi connectivity index (χ4n) is 6.78. The Labute approximate surface area is 139 Å². The van der Waals surface area contributed by atoms with E-state index in [0.717, 1.165) is 17.8 Å². The van der Waals surface area contributed by atoms with Crippen molar-refractivity contribution in [1.29, 1.82) is 0 Å². The molecule has 5 saturated carbocycles. The van der Waals surface area contributed by atoms with Crippen LogP contribution in [0, 0.1) is 41.4 Å². The fourth-order valence-corrected chi connectivity index (χ4v) is 6.78. The van der Waals surface area contributed by atoms with Crippen LogP contribution in [0.4, 0.5) is 0 Å². The molecule has 23 heavy (non-hydrogen) atoms. The summed E-state index contributed by atoms with van der Waals surface area (Å²) in [5.74, 6) is 4.95. The summed E-state index contributed by atoms with van der Waals surface area (Å²) in [6, 6.07) is 0. The van der Waals surface area contributed by atoms with Crippen LogP contribution in [0.15, 0.2) is 24.3 Å². The van der Waals surface area contributed by atoms with E-state index in [4.69, 9.17) is 4.74 Å². The summed E-state index contributed by atoms with van der Waals surface area (Å²) in [5, 5.41) is 0. The smallest absolute Gasteiger partial charge is 0.330 e. The van der Waals surface area contributed by atoms with Crippen molar-refractivity contribution in [2.75, 3.05) is 0 Å². The summed E-state index contributed by atoms with van der Waals surface area (Å²) < 4.78 is 6.11. The molecule has 0 saturated heterocycles. The van der Waals surface area contributed by atoms with Gasteiger partial charge in [-0.25, -0.2) is 4.79 Å². The lowest BCUT2D eigenvalue weighted by Gasteiger charge is -2.58. The molecular formula is C21H28O2. The maximum Gasteiger partial charge on any atom is 0.330 e. The number of ether oxygens (including phenoxy) is 1. The molecule has 0 N–H and O–H groups in total. The molecule has 2 heteroatoms. The average molecular weight is 312 g/mol. The van der Waals surface area contributed by atoms with Gasteiger partial charge in [0.1, 0.15) is 5.60 Å². The zero-order valence-electron chi connectivity index (χ0n) is 14.1. The Kier molecular flexibility index (Phi) is 3.09. The van der Waals surface area contributed by atoms with Crippen LogP contribution in [-0.2, 0) is 9.53 Å². The normalized spacial score (nSPS) is 52.7. The summed E-state index contributed by atoms with van der Waals surface area (Å²) in [5.41, 5.74) is -0.191. The molecule has 6 aliphatic carbocycles. The SMILES string of the molecule is CC1(OC(=O)C=CC2CC3C=CC2C3)C2CC3CC(C2)CC1C3. The van der Waals surface area contributed by atoms with Gasteiger partial charge in [-0.1, -0.05) is 18.2 Å². The summed E-state index contributed by atoms with van der Waals surface area (Å²) in [6.07, 6.45) is 17.7. The predicted molar refractivity (Wildman–Crippen MR) is 89.5 cm³/mol. The highest BCUT2D eigenvalue weighted by Crippen LogP contribution is 2.59. The van der Waals surface area contributed by atoms with Crippen molar-refractivity contribution in [2.24, 2.45) is 41.4 Å². The first kappa shape index (κ1) is 14.3. The molecule has 0 spiro atoms. The van der Waals surface area contributed by atoms with Crippen LogP contribution >= 0.6 is 0 Å². The Morgan fingerprint density at radius 2 is 1.70 bits per heavy atom. The Morgan fingerprint density at radius 3 is 2.26 bits per heavy atom. The lowest BCUT2D eigenvalue weighted by molar-refractivity contribution is -0.198. The van der Waals surface area contributed by atoms with Crippen molar-refractivity contribution in [3.05, 3.63) is 24.3 Å². The highest BCUT2D eigenvalue weighted by atomic mass is 16.6. The van der Waals surface area contributed by atoms with Crippen molar-refractivity contribution in [3.63, 3.8) is 0 Å². The van der Waals surface area contributed by atoms with Crippen LogP contribution in [0.1, 0.15) is 51.9 Å². The first-order valence-electron chi connectivity index (χ1n) is 9.69. The molecule has 0 aromatic carbocycles. The molecule has 0 heterocycles. The molecular weight excluding hydrogens is 284 g/mol. The van der Waals surface area contributed by atoms with Crippen molar-refractivity contribution in [2.45, 2.75) is 57.5 Å². The average Bonchev–Trinajstić information content (AvgIpc) is 3.13. The molecule has 3 atom stereocenters. The predicted octanol–water partition coefficient (Wildman–Crippen LogP) is 4.51. The molecule has 0 aliphatic heterocycles. The second-order valence-electron chi connectivity index (χ2n) is 9.21. The van der Waals surface area contributed by atoms with Crippen molar-refractivity contribution >= 4 is 5.97 Å². The number of rotatable bonds is 3. The highest BCUT2D eigenvalue weighted by molar-refractivity contribution is 5.82. The number of hydrogen-bond acceptors (Lipinski definition) is 2. The van der Waals surface area contributed by atoms with E-state index in [1.54, 1.807) is 6.08 Å². The molecule has 0 aromatic heterocycles. The zero-order valence-corrected chi connectivity index (χ0v) is 14.1. The first-order valence-corrected chi connectivity index (χ1v) is 9.69. The first-order chi connectivity index (χ1) is 11.1. The lowest BCUT2D eigenvalue weighted by Crippen LogP contribution is -2.57. The number of esters is 1. The Morgan fingerprint density at radius 1 is 1.00 bits per heavy atom. The van der Waals surface area contributed by atoms with Crippen LogP contribution in [-0.4, -0.2) is 11.6 Å². The van der Waals surface area contributed by atoms with Crippen LogP contribution < -0.4 is 0 Å². The molecule has 2 nitrogen and oxygen atoms in total. The van der Waals surface area contributed by atoms with E-state index in [1.165, 1.54) is 44.9 Å². The van der Waals surface area contributed by atoms with Crippen LogP contribution in [0.2, 0.25) is 0 Å². The third kappa shape index (κ3) is 2.24. The minimum atomic E-state index is -0.191. The van der Waals surface area contributed by atoms with Gasteiger partial charge >= 0.3 is 5.97 Å². The standard InChI is InChI=1S/C21H28O2/c1-21(18-9-14-6-15(11-18)12-19(21)10-14)23-20(22)5-4-17-8-13-2-3-16(17)7-13/h2-5,13-19H,6-12H2,1H3. The van der Waals surface area contributed by atoms with Gasteiger partial charge in [0.25, 0.3) is 0 Å². The molecule has 124 valence electrons. The van der Waals surface area contributed by atoms with E-state index in [2.05, 4.69) is 25.2 Å². The maximum atomic E-state index is 12.5.